The molecule has 6 nitrogen and oxygen atoms in total. The number of benzene rings is 1. The number of aromatic carboxylic acids is 1. The summed E-state index contributed by atoms with van der Waals surface area (Å²) in [6.45, 7) is 1.49. The Kier molecular flexibility index (Phi) is 4.30. The number of aryl methyl sites for hydroxylation is 1. The number of carboxylic acid groups (broad SMARTS) is 1. The van der Waals surface area contributed by atoms with Gasteiger partial charge in [-0.15, -0.1) is 0 Å². The third-order valence-corrected chi connectivity index (χ3v) is 2.37. The molecule has 0 aliphatic heterocycles. The molecule has 6 N–H and O–H groups in total. The van der Waals surface area contributed by atoms with Gasteiger partial charge in [-0.25, -0.2) is 4.79 Å². The summed E-state index contributed by atoms with van der Waals surface area (Å²) in [6, 6.07) is 3.08. The molecule has 0 aliphatic carbocycles. The normalized spacial score (nSPS) is 12.2. The van der Waals surface area contributed by atoms with Crippen LogP contribution in [0.25, 0.3) is 0 Å². The molecule has 0 spiro atoms. The number of rotatable bonds is 5. The molecule has 0 heterocycles. The third-order valence-electron chi connectivity index (χ3n) is 2.37. The number of anilines is 2. The molecule has 1 atom stereocenters. The van der Waals surface area contributed by atoms with Gasteiger partial charge in [-0.2, -0.15) is 0 Å². The maximum absolute atomic E-state index is 10.9. The van der Waals surface area contributed by atoms with Gasteiger partial charge in [0.15, 0.2) is 0 Å². The van der Waals surface area contributed by atoms with Gasteiger partial charge in [0.25, 0.3) is 0 Å². The second-order valence-electron chi connectivity index (χ2n) is 3.78. The molecule has 0 saturated carbocycles. The lowest BCUT2D eigenvalue weighted by molar-refractivity contribution is 0.0698. The molecule has 0 aliphatic rings. The van der Waals surface area contributed by atoms with Crippen molar-refractivity contribution in [2.75, 3.05) is 24.2 Å². The molecule has 1 aromatic carbocycles. The summed E-state index contributed by atoms with van der Waals surface area (Å²) < 4.78 is 0. The highest BCUT2D eigenvalue weighted by atomic mass is 16.4. The van der Waals surface area contributed by atoms with Crippen LogP contribution in [0.3, 0.4) is 0 Å². The number of carboxylic acids is 1. The van der Waals surface area contributed by atoms with E-state index in [4.69, 9.17) is 21.1 Å². The highest BCUT2D eigenvalue weighted by Crippen LogP contribution is 2.22. The minimum Gasteiger partial charge on any atom is -0.478 e. The van der Waals surface area contributed by atoms with Crippen LogP contribution in [-0.2, 0) is 0 Å². The molecule has 0 amide bonds. The molecule has 1 aromatic rings. The van der Waals surface area contributed by atoms with E-state index in [0.717, 1.165) is 0 Å². The van der Waals surface area contributed by atoms with Gasteiger partial charge in [0.1, 0.15) is 0 Å². The third kappa shape index (κ3) is 3.33. The van der Waals surface area contributed by atoms with Crippen LogP contribution in [-0.4, -0.2) is 40.5 Å². The average molecular weight is 240 g/mol. The van der Waals surface area contributed by atoms with Crippen LogP contribution in [0.5, 0.6) is 0 Å². The zero-order valence-electron chi connectivity index (χ0n) is 9.47. The number of hydrogen-bond donors (Lipinski definition) is 5. The van der Waals surface area contributed by atoms with Gasteiger partial charge in [0.2, 0.25) is 0 Å². The Morgan fingerprint density at radius 3 is 2.71 bits per heavy atom. The van der Waals surface area contributed by atoms with E-state index in [1.54, 1.807) is 13.0 Å². The SMILES string of the molecule is Cc1cc(NCC(O)CO)cc(C(=O)O)c1N. The first-order chi connectivity index (χ1) is 7.95. The molecule has 0 aromatic heterocycles. The molecular formula is C11H16N2O4. The summed E-state index contributed by atoms with van der Waals surface area (Å²) in [6.07, 6.45) is -0.888. The minimum atomic E-state index is -1.10. The topological polar surface area (TPSA) is 116 Å². The van der Waals surface area contributed by atoms with E-state index in [2.05, 4.69) is 5.32 Å². The number of aliphatic hydroxyl groups is 2. The molecule has 1 unspecified atom stereocenters. The number of aliphatic hydroxyl groups excluding tert-OH is 2. The van der Waals surface area contributed by atoms with Crippen LogP contribution in [0.2, 0.25) is 0 Å². The van der Waals surface area contributed by atoms with Gasteiger partial charge in [-0.1, -0.05) is 0 Å². The first-order valence-electron chi connectivity index (χ1n) is 5.12. The van der Waals surface area contributed by atoms with Crippen LogP contribution in [0.15, 0.2) is 12.1 Å². The van der Waals surface area contributed by atoms with Crippen molar-refractivity contribution in [2.24, 2.45) is 0 Å². The van der Waals surface area contributed by atoms with Crippen LogP contribution >= 0.6 is 0 Å². The average Bonchev–Trinajstić information content (AvgIpc) is 2.29. The highest BCUT2D eigenvalue weighted by Gasteiger charge is 2.12. The Labute approximate surface area is 98.7 Å². The van der Waals surface area contributed by atoms with Crippen LogP contribution in [0, 0.1) is 6.92 Å². The van der Waals surface area contributed by atoms with Crippen molar-refractivity contribution >= 4 is 17.3 Å². The fourth-order valence-corrected chi connectivity index (χ4v) is 1.38. The molecule has 6 heteroatoms. The van der Waals surface area contributed by atoms with Gasteiger partial charge in [-0.3, -0.25) is 0 Å². The number of nitrogens with one attached hydrogen (secondary N) is 1. The standard InChI is InChI=1S/C11H16N2O4/c1-6-2-7(13-4-8(15)5-14)3-9(10(6)12)11(16)17/h2-3,8,13-15H,4-5,12H2,1H3,(H,16,17). The van der Waals surface area contributed by atoms with Gasteiger partial charge < -0.3 is 26.4 Å². The summed E-state index contributed by atoms with van der Waals surface area (Å²) in [7, 11) is 0. The van der Waals surface area contributed by atoms with Crippen molar-refractivity contribution in [1.82, 2.24) is 0 Å². The number of hydrogen-bond acceptors (Lipinski definition) is 5. The van der Waals surface area contributed by atoms with Gasteiger partial charge >= 0.3 is 5.97 Å². The summed E-state index contributed by atoms with van der Waals surface area (Å²) in [5, 5.41) is 29.6. The van der Waals surface area contributed by atoms with Crippen molar-refractivity contribution in [3.63, 3.8) is 0 Å². The fourth-order valence-electron chi connectivity index (χ4n) is 1.38. The van der Waals surface area contributed by atoms with E-state index >= 15 is 0 Å². The second kappa shape index (κ2) is 5.51. The monoisotopic (exact) mass is 240 g/mol. The summed E-state index contributed by atoms with van der Waals surface area (Å²) >= 11 is 0. The molecule has 0 bridgehead atoms. The first-order valence-corrected chi connectivity index (χ1v) is 5.12. The van der Waals surface area contributed by atoms with Crippen LogP contribution in [0.4, 0.5) is 11.4 Å². The summed E-state index contributed by atoms with van der Waals surface area (Å²) in [4.78, 5) is 10.9. The van der Waals surface area contributed by atoms with Crippen molar-refractivity contribution in [3.8, 4) is 0 Å². The molecular weight excluding hydrogens is 224 g/mol. The Balaban J connectivity index is 2.91. The molecule has 17 heavy (non-hydrogen) atoms. The fraction of sp³-hybridized carbons (Fsp3) is 0.364. The Morgan fingerprint density at radius 2 is 2.18 bits per heavy atom. The van der Waals surface area contributed by atoms with E-state index < -0.39 is 12.1 Å². The maximum atomic E-state index is 10.9. The molecule has 1 rings (SSSR count). The first kappa shape index (κ1) is 13.3. The lowest BCUT2D eigenvalue weighted by Gasteiger charge is -2.13. The largest absolute Gasteiger partial charge is 0.478 e. The lowest BCUT2D eigenvalue weighted by Crippen LogP contribution is -2.23. The minimum absolute atomic E-state index is 0.0194. The predicted octanol–water partition coefficient (Wildman–Crippen LogP) is 0.0405. The zero-order chi connectivity index (χ0) is 13.0. The Morgan fingerprint density at radius 1 is 1.53 bits per heavy atom. The van der Waals surface area contributed by atoms with Gasteiger partial charge in [-0.05, 0) is 24.6 Å². The van der Waals surface area contributed by atoms with Crippen LogP contribution < -0.4 is 11.1 Å². The van der Waals surface area contributed by atoms with Crippen molar-refractivity contribution in [3.05, 3.63) is 23.3 Å². The maximum Gasteiger partial charge on any atom is 0.337 e. The smallest absolute Gasteiger partial charge is 0.337 e. The molecule has 0 radical (unpaired) electrons. The summed E-state index contributed by atoms with van der Waals surface area (Å²) in [5.41, 5.74) is 7.07. The number of carbonyl (C=O) groups is 1. The van der Waals surface area contributed by atoms with Crippen LogP contribution in [0.1, 0.15) is 15.9 Å². The van der Waals surface area contributed by atoms with E-state index in [0.29, 0.717) is 11.3 Å². The number of nitrogen functional groups attached to an aromatic ring is 1. The van der Waals surface area contributed by atoms with Gasteiger partial charge in [0, 0.05) is 17.9 Å². The quantitative estimate of drug-likeness (QED) is 0.464. The van der Waals surface area contributed by atoms with Gasteiger partial charge in [0.05, 0.1) is 18.3 Å². The molecule has 0 saturated heterocycles. The highest BCUT2D eigenvalue weighted by molar-refractivity contribution is 5.95. The van der Waals surface area contributed by atoms with E-state index in [-0.39, 0.29) is 24.4 Å². The lowest BCUT2D eigenvalue weighted by atomic mass is 10.1. The van der Waals surface area contributed by atoms with E-state index in [1.807, 2.05) is 0 Å². The number of nitrogens with two attached hydrogens (primary N) is 1. The Hall–Kier alpha value is -1.79. The molecule has 94 valence electrons. The van der Waals surface area contributed by atoms with Crippen molar-refractivity contribution < 1.29 is 20.1 Å². The second-order valence-corrected chi connectivity index (χ2v) is 3.78. The van der Waals surface area contributed by atoms with Crippen molar-refractivity contribution in [1.29, 1.82) is 0 Å². The predicted molar refractivity (Wildman–Crippen MR) is 64.1 cm³/mol. The van der Waals surface area contributed by atoms with E-state index in [1.165, 1.54) is 6.07 Å². The summed E-state index contributed by atoms with van der Waals surface area (Å²) in [5.74, 6) is -1.10. The zero-order valence-corrected chi connectivity index (χ0v) is 9.47. The van der Waals surface area contributed by atoms with E-state index in [9.17, 15) is 4.79 Å². The molecule has 0 fully saturated rings. The Bertz CT molecular complexity index is 420. The van der Waals surface area contributed by atoms with Crippen molar-refractivity contribution in [2.45, 2.75) is 13.0 Å².